The molecule has 0 fully saturated rings. The van der Waals surface area contributed by atoms with Crippen molar-refractivity contribution in [3.63, 3.8) is 0 Å². The van der Waals surface area contributed by atoms with E-state index < -0.39 is 5.41 Å². The zero-order valence-corrected chi connectivity index (χ0v) is 38.3. The maximum atomic E-state index is 6.34. The van der Waals surface area contributed by atoms with Gasteiger partial charge in [0.1, 0.15) is 11.2 Å². The van der Waals surface area contributed by atoms with Crippen LogP contribution in [-0.2, 0) is 5.41 Å². The van der Waals surface area contributed by atoms with Gasteiger partial charge in [-0.2, -0.15) is 0 Å². The zero-order valence-electron chi connectivity index (χ0n) is 38.3. The van der Waals surface area contributed by atoms with Gasteiger partial charge in [-0.25, -0.2) is 0 Å². The third-order valence-corrected chi connectivity index (χ3v) is 15.5. The number of allylic oxidation sites excluding steroid dienone is 4. The number of fused-ring (bicyclic) bond motifs is 16. The lowest BCUT2D eigenvalue weighted by Crippen LogP contribution is -2.26. The third kappa shape index (κ3) is 5.52. The first kappa shape index (κ1) is 39.1. The van der Waals surface area contributed by atoms with E-state index in [1.807, 2.05) is 6.07 Å². The fraction of sp³-hybridized carbons (Fsp3) is 0.0448. The first-order valence-corrected chi connectivity index (χ1v) is 24.4. The predicted molar refractivity (Wildman–Crippen MR) is 290 cm³/mol. The molecule has 2 heterocycles. The van der Waals surface area contributed by atoms with Crippen LogP contribution in [0.2, 0.25) is 0 Å². The summed E-state index contributed by atoms with van der Waals surface area (Å²) in [6, 6.07) is 83.4. The van der Waals surface area contributed by atoms with Gasteiger partial charge in [0.2, 0.25) is 0 Å². The summed E-state index contributed by atoms with van der Waals surface area (Å²) in [5.41, 5.74) is 22.2. The first-order chi connectivity index (χ1) is 34.7. The van der Waals surface area contributed by atoms with Crippen molar-refractivity contribution in [3.05, 3.63) is 277 Å². The molecule has 12 aromatic rings. The second-order valence-electron chi connectivity index (χ2n) is 19.1. The Balaban J connectivity index is 0.942. The number of para-hydroxylation sites is 3. The van der Waals surface area contributed by atoms with E-state index in [4.69, 9.17) is 4.42 Å². The highest BCUT2D eigenvalue weighted by atomic mass is 16.3. The number of hydrogen-bond acceptors (Lipinski definition) is 2. The van der Waals surface area contributed by atoms with Gasteiger partial charge in [0.25, 0.3) is 0 Å². The molecule has 3 nitrogen and oxygen atoms in total. The fourth-order valence-corrected chi connectivity index (χ4v) is 12.5. The van der Waals surface area contributed by atoms with Gasteiger partial charge in [-0.05, 0) is 141 Å². The molecule has 15 rings (SSSR count). The molecule has 3 aliphatic rings. The Morgan fingerprint density at radius 3 is 1.79 bits per heavy atom. The van der Waals surface area contributed by atoms with Crippen LogP contribution in [0.25, 0.3) is 82.8 Å². The summed E-state index contributed by atoms with van der Waals surface area (Å²) < 4.78 is 8.77. The van der Waals surface area contributed by atoms with Crippen LogP contribution in [0.3, 0.4) is 0 Å². The number of rotatable bonds is 6. The number of hydrogen-bond donors (Lipinski definition) is 0. The van der Waals surface area contributed by atoms with Crippen LogP contribution in [0, 0.1) is 0 Å². The molecule has 0 saturated carbocycles. The van der Waals surface area contributed by atoms with Crippen molar-refractivity contribution in [1.82, 2.24) is 4.57 Å². The van der Waals surface area contributed by atoms with Gasteiger partial charge >= 0.3 is 0 Å². The van der Waals surface area contributed by atoms with Crippen LogP contribution in [-0.4, -0.2) is 4.57 Å². The second-order valence-corrected chi connectivity index (χ2v) is 19.1. The van der Waals surface area contributed by atoms with E-state index in [0.717, 1.165) is 62.2 Å². The average molecular weight is 893 g/mol. The zero-order chi connectivity index (χ0) is 45.9. The molecule has 1 unspecified atom stereocenters. The molecule has 2 aromatic heterocycles. The van der Waals surface area contributed by atoms with Gasteiger partial charge in [-0.15, -0.1) is 0 Å². The van der Waals surface area contributed by atoms with Crippen LogP contribution in [0.5, 0.6) is 0 Å². The van der Waals surface area contributed by atoms with Gasteiger partial charge in [0, 0.05) is 50.1 Å². The largest absolute Gasteiger partial charge is 0.456 e. The lowest BCUT2D eigenvalue weighted by Gasteiger charge is -2.32. The van der Waals surface area contributed by atoms with E-state index in [-0.39, 0.29) is 0 Å². The molecule has 328 valence electrons. The quantitative estimate of drug-likeness (QED) is 0.166. The van der Waals surface area contributed by atoms with Crippen LogP contribution >= 0.6 is 0 Å². The minimum absolute atomic E-state index is 0.382. The molecule has 0 saturated heterocycles. The number of aromatic nitrogens is 1. The van der Waals surface area contributed by atoms with Crippen LogP contribution < -0.4 is 4.90 Å². The highest BCUT2D eigenvalue weighted by Gasteiger charge is 2.51. The van der Waals surface area contributed by atoms with E-state index in [9.17, 15) is 0 Å². The highest BCUT2D eigenvalue weighted by Crippen LogP contribution is 2.63. The number of benzene rings is 10. The van der Waals surface area contributed by atoms with E-state index in [2.05, 4.69) is 252 Å². The predicted octanol–water partition coefficient (Wildman–Crippen LogP) is 17.8. The first-order valence-electron chi connectivity index (χ1n) is 24.4. The average Bonchev–Trinajstić information content (AvgIpc) is 4.16. The molecular formula is C67H44N2O. The topological polar surface area (TPSA) is 21.3 Å². The Morgan fingerprint density at radius 2 is 1.04 bits per heavy atom. The molecule has 0 aliphatic heterocycles. The summed E-state index contributed by atoms with van der Waals surface area (Å²) >= 11 is 0. The van der Waals surface area contributed by atoms with Crippen molar-refractivity contribution < 1.29 is 4.42 Å². The third-order valence-electron chi connectivity index (χ3n) is 15.5. The van der Waals surface area contributed by atoms with Gasteiger partial charge in [-0.1, -0.05) is 170 Å². The fourth-order valence-electron chi connectivity index (χ4n) is 12.5. The van der Waals surface area contributed by atoms with Crippen molar-refractivity contribution in [1.29, 1.82) is 0 Å². The van der Waals surface area contributed by atoms with E-state index in [1.165, 1.54) is 71.9 Å². The summed E-state index contributed by atoms with van der Waals surface area (Å²) in [6.45, 7) is 0. The molecule has 0 amide bonds. The smallest absolute Gasteiger partial charge is 0.135 e. The van der Waals surface area contributed by atoms with Crippen molar-refractivity contribution >= 4 is 60.8 Å². The molecule has 3 heteroatoms. The lowest BCUT2D eigenvalue weighted by atomic mass is 9.70. The van der Waals surface area contributed by atoms with Crippen molar-refractivity contribution in [2.75, 3.05) is 4.90 Å². The van der Waals surface area contributed by atoms with Crippen LogP contribution in [0.4, 0.5) is 17.1 Å². The Kier molecular flexibility index (Phi) is 8.40. The Bertz CT molecular complexity index is 4120. The van der Waals surface area contributed by atoms with E-state index >= 15 is 0 Å². The van der Waals surface area contributed by atoms with Crippen molar-refractivity contribution in [3.8, 4) is 39.1 Å². The maximum absolute atomic E-state index is 6.34. The van der Waals surface area contributed by atoms with Crippen LogP contribution in [0.1, 0.15) is 40.2 Å². The minimum Gasteiger partial charge on any atom is -0.456 e. The monoisotopic (exact) mass is 892 g/mol. The SMILES string of the molecule is C1=CCC(c2ccc3c(c2)c2ccccc2n3-c2ccc(N(c3ccc4c(c3)C3(c5ccccc5-c5ccccc53)c3ccccc3-4)c3ccccc3-c3ccc4oc5ccccc5c4c3)cc2)C=C1. The molecule has 70 heavy (non-hydrogen) atoms. The van der Waals surface area contributed by atoms with E-state index in [0.29, 0.717) is 5.92 Å². The lowest BCUT2D eigenvalue weighted by molar-refractivity contribution is 0.669. The summed E-state index contributed by atoms with van der Waals surface area (Å²) in [5.74, 6) is 0.382. The van der Waals surface area contributed by atoms with Crippen molar-refractivity contribution in [2.24, 2.45) is 0 Å². The molecule has 0 bridgehead atoms. The molecule has 1 spiro atoms. The molecule has 3 aliphatic carbocycles. The maximum Gasteiger partial charge on any atom is 0.135 e. The summed E-state index contributed by atoms with van der Waals surface area (Å²) in [4.78, 5) is 2.48. The minimum atomic E-state index is -0.474. The Hall–Kier alpha value is -8.92. The summed E-state index contributed by atoms with van der Waals surface area (Å²) in [6.07, 6.45) is 9.95. The van der Waals surface area contributed by atoms with Crippen molar-refractivity contribution in [2.45, 2.75) is 17.8 Å². The molecule has 10 aromatic carbocycles. The van der Waals surface area contributed by atoms with Gasteiger partial charge in [-0.3, -0.25) is 0 Å². The molecule has 0 N–H and O–H groups in total. The summed E-state index contributed by atoms with van der Waals surface area (Å²) in [5, 5.41) is 4.77. The molecule has 1 atom stereocenters. The number of nitrogens with zero attached hydrogens (tertiary/aromatic N) is 2. The number of anilines is 3. The Morgan fingerprint density at radius 1 is 0.429 bits per heavy atom. The number of furan rings is 1. The molecule has 0 radical (unpaired) electrons. The van der Waals surface area contributed by atoms with Gasteiger partial charge in [0.05, 0.1) is 22.1 Å². The van der Waals surface area contributed by atoms with Crippen LogP contribution in [0.15, 0.2) is 253 Å². The van der Waals surface area contributed by atoms with Gasteiger partial charge in [0.15, 0.2) is 0 Å². The summed E-state index contributed by atoms with van der Waals surface area (Å²) in [7, 11) is 0. The van der Waals surface area contributed by atoms with E-state index in [1.54, 1.807) is 0 Å². The normalized spacial score (nSPS) is 14.9. The molecular weight excluding hydrogens is 849 g/mol. The Labute approximate surface area is 406 Å². The highest BCUT2D eigenvalue weighted by molar-refractivity contribution is 6.10. The second kappa shape index (κ2) is 15.0. The standard InChI is InChI=1S/C67H44N2O/c1-2-16-43(17-3-1)44-30-38-64-56(40-44)54-22-8-14-28-63(54)69(64)47-34-32-46(33-35-47)68(62-27-13-7-18-49(62)45-31-39-66-57(41-45)55-23-9-15-29-65(55)70-66)48-36-37-53-52-21-6-12-26-60(52)67(61(53)42-48)58-24-10-4-19-50(58)51-20-5-11-25-59(51)67/h1-16,18-43H,17H2. The van der Waals surface area contributed by atoms with Gasteiger partial charge < -0.3 is 13.9 Å².